The fourth-order valence-corrected chi connectivity index (χ4v) is 7.55. The Kier molecular flexibility index (Phi) is 47.6. The summed E-state index contributed by atoms with van der Waals surface area (Å²) in [5.74, 6) is -5.32. The van der Waals surface area contributed by atoms with Crippen LogP contribution in [-0.4, -0.2) is 182 Å². The van der Waals surface area contributed by atoms with Gasteiger partial charge < -0.3 is 66.4 Å². The number of amides is 4. The Morgan fingerprint density at radius 3 is 1.54 bits per heavy atom. The molecule has 4 atom stereocenters. The number of nitrogens with two attached hydrogens (primary N) is 1. The smallest absolute Gasteiger partial charge is 0.326 e. The summed E-state index contributed by atoms with van der Waals surface area (Å²) >= 11 is 1.29. The highest BCUT2D eigenvalue weighted by atomic mass is 32.2. The first-order chi connectivity index (χ1) is 35.3. The Labute approximate surface area is 441 Å². The van der Waals surface area contributed by atoms with Crippen LogP contribution in [0.3, 0.4) is 0 Å². The third-order valence-electron chi connectivity index (χ3n) is 11.1. The zero-order valence-corrected chi connectivity index (χ0v) is 45.0. The molecule has 0 aliphatic rings. The number of unbranched alkanes of at least 4 members (excludes halogenated alkanes) is 9. The predicted octanol–water partition coefficient (Wildman–Crippen LogP) is 2.59. The number of ketones is 3. The monoisotopic (exact) mass is 1080 g/mol. The minimum atomic E-state index is -1.18. The number of thioether (sulfide) groups is 1. The van der Waals surface area contributed by atoms with Crippen molar-refractivity contribution >= 4 is 70.6 Å². The summed E-state index contributed by atoms with van der Waals surface area (Å²) in [6.45, 7) is 5.91. The van der Waals surface area contributed by atoms with E-state index < -0.39 is 36.5 Å². The summed E-state index contributed by atoms with van der Waals surface area (Å²) in [5.41, 5.74) is 5.09. The molecule has 0 aromatic heterocycles. The first kappa shape index (κ1) is 71.5. The molecular weight excluding hydrogens is 991 g/mol. The van der Waals surface area contributed by atoms with Crippen LogP contribution < -0.4 is 27.0 Å². The Balaban J connectivity index is 0. The lowest BCUT2D eigenvalue weighted by Gasteiger charge is -2.15. The first-order valence-corrected chi connectivity index (χ1v) is 27.1. The lowest BCUT2D eigenvalue weighted by atomic mass is 9.95. The summed E-state index contributed by atoms with van der Waals surface area (Å²) in [4.78, 5) is 116. The molecule has 0 aliphatic carbocycles. The molecule has 0 radical (unpaired) electrons. The zero-order valence-electron chi connectivity index (χ0n) is 44.1. The van der Waals surface area contributed by atoms with Crippen molar-refractivity contribution in [1.82, 2.24) is 21.3 Å². The molecule has 0 heterocycles. The molecule has 0 aromatic carbocycles. The van der Waals surface area contributed by atoms with Crippen LogP contribution >= 0.6 is 11.8 Å². The lowest BCUT2D eigenvalue weighted by Crippen LogP contribution is -2.41. The number of aliphatic carboxylic acids is 3. The number of hydrogen-bond acceptors (Lipinski definition) is 17. The molecule has 0 saturated heterocycles. The number of rotatable bonds is 50. The van der Waals surface area contributed by atoms with Gasteiger partial charge in [0.15, 0.2) is 0 Å². The number of carbonyl (C=O) groups is 10. The van der Waals surface area contributed by atoms with Gasteiger partial charge in [0, 0.05) is 70.0 Å². The second kappa shape index (κ2) is 49.3. The molecule has 23 nitrogen and oxygen atoms in total. The van der Waals surface area contributed by atoms with Gasteiger partial charge in [-0.2, -0.15) is 11.8 Å². The number of ether oxygens (including phenoxy) is 4. The second-order valence-corrected chi connectivity index (χ2v) is 18.7. The van der Waals surface area contributed by atoms with E-state index in [-0.39, 0.29) is 176 Å². The maximum Gasteiger partial charge on any atom is 0.326 e. The molecule has 0 saturated carbocycles. The average molecular weight is 1080 g/mol. The molecule has 428 valence electrons. The van der Waals surface area contributed by atoms with Crippen LogP contribution in [-0.2, 0) is 66.9 Å². The van der Waals surface area contributed by atoms with E-state index in [1.54, 1.807) is 6.92 Å². The van der Waals surface area contributed by atoms with E-state index in [9.17, 15) is 53.1 Å². The van der Waals surface area contributed by atoms with Crippen molar-refractivity contribution in [2.45, 2.75) is 155 Å². The molecule has 0 spiro atoms. The van der Waals surface area contributed by atoms with Crippen molar-refractivity contribution in [3.63, 3.8) is 0 Å². The molecule has 74 heavy (non-hydrogen) atoms. The van der Waals surface area contributed by atoms with Gasteiger partial charge in [-0.05, 0) is 52.4 Å². The highest BCUT2D eigenvalue weighted by Gasteiger charge is 2.23. The van der Waals surface area contributed by atoms with Crippen LogP contribution in [0.1, 0.15) is 143 Å². The third kappa shape index (κ3) is 47.1. The molecule has 0 bridgehead atoms. The number of aliphatic hydroxyl groups is 1. The highest BCUT2D eigenvalue weighted by molar-refractivity contribution is 7.99. The Morgan fingerprint density at radius 2 is 1.04 bits per heavy atom. The fourth-order valence-electron chi connectivity index (χ4n) is 6.44. The van der Waals surface area contributed by atoms with Crippen molar-refractivity contribution in [3.8, 4) is 0 Å². The van der Waals surface area contributed by atoms with Gasteiger partial charge in [0.1, 0.15) is 36.6 Å². The van der Waals surface area contributed by atoms with Gasteiger partial charge in [-0.1, -0.05) is 58.3 Å². The Hall–Kier alpha value is -4.59. The molecule has 0 unspecified atom stereocenters. The number of carboxylic acid groups (broad SMARTS) is 3. The maximum absolute atomic E-state index is 12.4. The Bertz CT molecular complexity index is 1610. The van der Waals surface area contributed by atoms with Crippen molar-refractivity contribution in [2.75, 3.05) is 90.6 Å². The molecule has 0 rings (SSSR count). The van der Waals surface area contributed by atoms with E-state index in [0.29, 0.717) is 25.0 Å². The number of aliphatic hydroxyl groups excluding tert-OH is 1. The molecular formula is C50H89N5O18S. The number of hydrogen-bond donors (Lipinski definition) is 9. The van der Waals surface area contributed by atoms with Crippen LogP contribution in [0.5, 0.6) is 0 Å². The topological polar surface area (TPSA) is 363 Å². The number of carboxylic acids is 3. The quantitative estimate of drug-likeness (QED) is 0.0395. The van der Waals surface area contributed by atoms with Crippen molar-refractivity contribution in [2.24, 2.45) is 17.6 Å². The summed E-state index contributed by atoms with van der Waals surface area (Å²) in [6.07, 6.45) is 11.4. The van der Waals surface area contributed by atoms with Crippen LogP contribution in [0.25, 0.3) is 0 Å². The minimum Gasteiger partial charge on any atom is -0.481 e. The van der Waals surface area contributed by atoms with Gasteiger partial charge in [0.2, 0.25) is 23.6 Å². The van der Waals surface area contributed by atoms with E-state index >= 15 is 0 Å². The first-order valence-electron chi connectivity index (χ1n) is 25.9. The van der Waals surface area contributed by atoms with Gasteiger partial charge in [-0.15, -0.1) is 0 Å². The second-order valence-electron chi connectivity index (χ2n) is 17.7. The molecule has 4 amide bonds. The zero-order chi connectivity index (χ0) is 55.8. The van der Waals surface area contributed by atoms with E-state index in [1.807, 2.05) is 6.92 Å². The van der Waals surface area contributed by atoms with E-state index in [2.05, 4.69) is 21.3 Å². The number of Topliss-reactive ketones (excluding diaryl/α,β-unsaturated/α-hetero) is 3. The summed E-state index contributed by atoms with van der Waals surface area (Å²) in [7, 11) is 0. The van der Waals surface area contributed by atoms with Crippen LogP contribution in [0.15, 0.2) is 0 Å². The van der Waals surface area contributed by atoms with Gasteiger partial charge in [0.05, 0.1) is 57.4 Å². The minimum absolute atomic E-state index is 0.00847. The standard InChI is InChI=1S/C46H80N4O17S.C4H9NO/c1-2-35(39(53)20-17-36(30-51)45(60)61)33-68-34-43(57)48-22-21-47-41(55)31-67-29-27-65-25-23-49-42(56)32-66-28-26-64-24-13-14-37(52)18-19-38(46(62)63)50-40(54)15-11-9-7-5-3-4-6-8-10-12-16-44(58)59;1-3(5)4(2)6/h35-36,38,51H,2-34H2,1H3,(H,47,55)(H,48,57)(H,49,56)(H,50,54)(H,58,59)(H,60,61)(H,62,63);3H,5H2,1-2H3/t35-,36-,38-;3-/m00/s1. The largest absolute Gasteiger partial charge is 0.481 e. The predicted molar refractivity (Wildman–Crippen MR) is 276 cm³/mol. The van der Waals surface area contributed by atoms with E-state index in [4.69, 9.17) is 40.0 Å². The van der Waals surface area contributed by atoms with Crippen molar-refractivity contribution in [3.05, 3.63) is 0 Å². The van der Waals surface area contributed by atoms with Gasteiger partial charge >= 0.3 is 17.9 Å². The molecule has 0 aliphatic heterocycles. The summed E-state index contributed by atoms with van der Waals surface area (Å²) in [6, 6.07) is -1.42. The van der Waals surface area contributed by atoms with Gasteiger partial charge in [-0.25, -0.2) is 4.79 Å². The van der Waals surface area contributed by atoms with Gasteiger partial charge in [0.25, 0.3) is 0 Å². The highest BCUT2D eigenvalue weighted by Crippen LogP contribution is 2.18. The lowest BCUT2D eigenvalue weighted by molar-refractivity contribution is -0.144. The van der Waals surface area contributed by atoms with Crippen LogP contribution in [0.4, 0.5) is 0 Å². The Morgan fingerprint density at radius 1 is 0.541 bits per heavy atom. The summed E-state index contributed by atoms with van der Waals surface area (Å²) < 4.78 is 21.4. The molecule has 0 aromatic rings. The SMILES string of the molecule is CC(=O)[C@H](C)N.CC[C@@H](CSCC(=O)NCCNC(=O)COCCOCCNC(=O)COCCOCCCC(=O)CC[C@H](NC(=O)CCCCCCCCCCCCC(=O)O)C(=O)O)C(=O)CC[C@@H](CO)C(=O)O. The number of carbonyl (C=O) groups excluding carboxylic acids is 7. The van der Waals surface area contributed by atoms with Crippen molar-refractivity contribution in [1.29, 1.82) is 0 Å². The molecule has 0 fully saturated rings. The molecule has 10 N–H and O–H groups in total. The van der Waals surface area contributed by atoms with Gasteiger partial charge in [-0.3, -0.25) is 43.2 Å². The third-order valence-corrected chi connectivity index (χ3v) is 12.2. The van der Waals surface area contributed by atoms with Crippen LogP contribution in [0, 0.1) is 11.8 Å². The summed E-state index contributed by atoms with van der Waals surface area (Å²) in [5, 5.41) is 46.8. The normalized spacial score (nSPS) is 12.5. The van der Waals surface area contributed by atoms with Crippen LogP contribution in [0.2, 0.25) is 0 Å². The maximum atomic E-state index is 12.4. The average Bonchev–Trinajstić information content (AvgIpc) is 3.34. The van der Waals surface area contributed by atoms with E-state index in [0.717, 1.165) is 57.8 Å². The fraction of sp³-hybridized carbons (Fsp3) is 0.800. The van der Waals surface area contributed by atoms with E-state index in [1.165, 1.54) is 18.7 Å². The number of nitrogens with one attached hydrogen (secondary N) is 4. The van der Waals surface area contributed by atoms with Crippen molar-refractivity contribution < 1.29 is 87.3 Å². The molecule has 24 heteroatoms.